The summed E-state index contributed by atoms with van der Waals surface area (Å²) in [6.45, 7) is 4.53. The first-order valence-corrected chi connectivity index (χ1v) is 7.94. The monoisotopic (exact) mass is 305 g/mol. The number of pyridine rings is 1. The minimum absolute atomic E-state index is 0.186. The SMILES string of the molecule is CN1C(Nc2ccc(Cl)cn2)=NCC12CN1CCC2CC1. The van der Waals surface area contributed by atoms with Gasteiger partial charge < -0.3 is 15.1 Å². The Morgan fingerprint density at radius 3 is 2.76 bits per heavy atom. The topological polar surface area (TPSA) is 43.8 Å². The molecule has 0 saturated carbocycles. The molecule has 5 heterocycles. The van der Waals surface area contributed by atoms with Crippen LogP contribution in [0.5, 0.6) is 0 Å². The van der Waals surface area contributed by atoms with Gasteiger partial charge in [-0.25, -0.2) is 4.98 Å². The van der Waals surface area contributed by atoms with E-state index in [1.807, 2.05) is 12.1 Å². The fraction of sp³-hybridized carbons (Fsp3) is 0.600. The van der Waals surface area contributed by atoms with Crippen LogP contribution in [0.1, 0.15) is 12.8 Å². The van der Waals surface area contributed by atoms with E-state index in [4.69, 9.17) is 16.6 Å². The molecule has 0 aromatic carbocycles. The smallest absolute Gasteiger partial charge is 0.200 e. The second kappa shape index (κ2) is 4.85. The Kier molecular flexibility index (Phi) is 3.08. The molecule has 5 nitrogen and oxygen atoms in total. The van der Waals surface area contributed by atoms with Gasteiger partial charge in [0.15, 0.2) is 5.96 Å². The fourth-order valence-electron chi connectivity index (χ4n) is 4.03. The van der Waals surface area contributed by atoms with Crippen LogP contribution in [0.15, 0.2) is 23.3 Å². The highest BCUT2D eigenvalue weighted by Crippen LogP contribution is 2.41. The molecule has 6 heteroatoms. The Labute approximate surface area is 130 Å². The lowest BCUT2D eigenvalue weighted by Crippen LogP contribution is -2.66. The molecule has 0 aliphatic carbocycles. The maximum absolute atomic E-state index is 5.88. The molecule has 1 N–H and O–H groups in total. The summed E-state index contributed by atoms with van der Waals surface area (Å²) in [6, 6.07) is 3.73. The van der Waals surface area contributed by atoms with Crippen molar-refractivity contribution < 1.29 is 0 Å². The minimum Gasteiger partial charge on any atom is -0.337 e. The van der Waals surface area contributed by atoms with Gasteiger partial charge in [-0.3, -0.25) is 4.99 Å². The van der Waals surface area contributed by atoms with Gasteiger partial charge in [-0.05, 0) is 44.0 Å². The number of likely N-dealkylation sites (N-methyl/N-ethyl adjacent to an activating group) is 1. The van der Waals surface area contributed by atoms with E-state index in [0.717, 1.165) is 30.8 Å². The van der Waals surface area contributed by atoms with Crippen molar-refractivity contribution in [3.8, 4) is 0 Å². The summed E-state index contributed by atoms with van der Waals surface area (Å²) >= 11 is 5.88. The van der Waals surface area contributed by atoms with Crippen molar-refractivity contribution in [3.05, 3.63) is 23.4 Å². The van der Waals surface area contributed by atoms with Crippen LogP contribution >= 0.6 is 11.6 Å². The summed E-state index contributed by atoms with van der Waals surface area (Å²) in [7, 11) is 2.16. The second-order valence-electron chi connectivity index (χ2n) is 6.34. The van der Waals surface area contributed by atoms with Gasteiger partial charge >= 0.3 is 0 Å². The number of rotatable bonds is 1. The Bertz CT molecular complexity index is 564. The van der Waals surface area contributed by atoms with E-state index in [2.05, 4.69) is 27.1 Å². The van der Waals surface area contributed by atoms with Crippen molar-refractivity contribution >= 4 is 23.4 Å². The Balaban J connectivity index is 1.52. The van der Waals surface area contributed by atoms with E-state index < -0.39 is 0 Å². The molecule has 1 unspecified atom stereocenters. The number of nitrogens with one attached hydrogen (secondary N) is 1. The molecule has 112 valence electrons. The van der Waals surface area contributed by atoms with E-state index >= 15 is 0 Å². The third kappa shape index (κ3) is 2.10. The molecule has 5 rings (SSSR count). The Morgan fingerprint density at radius 2 is 2.14 bits per heavy atom. The Hall–Kier alpha value is -1.33. The van der Waals surface area contributed by atoms with Crippen molar-refractivity contribution in [1.29, 1.82) is 0 Å². The predicted molar refractivity (Wildman–Crippen MR) is 84.8 cm³/mol. The largest absolute Gasteiger partial charge is 0.337 e. The number of nitrogens with zero attached hydrogens (tertiary/aromatic N) is 4. The third-order valence-electron chi connectivity index (χ3n) is 5.30. The molecule has 1 aromatic heterocycles. The van der Waals surface area contributed by atoms with Crippen LogP contribution in [0.3, 0.4) is 0 Å². The molecule has 2 bridgehead atoms. The van der Waals surface area contributed by atoms with Gasteiger partial charge in [0.25, 0.3) is 0 Å². The highest BCUT2D eigenvalue weighted by atomic mass is 35.5. The summed E-state index contributed by atoms with van der Waals surface area (Å²) in [5.74, 6) is 2.48. The maximum atomic E-state index is 5.88. The van der Waals surface area contributed by atoms with E-state index in [1.54, 1.807) is 6.20 Å². The first kappa shape index (κ1) is 13.3. The van der Waals surface area contributed by atoms with Crippen LogP contribution < -0.4 is 5.32 Å². The summed E-state index contributed by atoms with van der Waals surface area (Å²) in [5.41, 5.74) is 0.186. The van der Waals surface area contributed by atoms with Crippen LogP contribution in [0.4, 0.5) is 5.82 Å². The van der Waals surface area contributed by atoms with Crippen molar-refractivity contribution in [2.75, 3.05) is 38.5 Å². The molecular weight excluding hydrogens is 286 g/mol. The number of aromatic nitrogens is 1. The first-order valence-electron chi connectivity index (χ1n) is 7.57. The fourth-order valence-corrected chi connectivity index (χ4v) is 4.14. The zero-order valence-corrected chi connectivity index (χ0v) is 13.0. The van der Waals surface area contributed by atoms with Gasteiger partial charge in [0.05, 0.1) is 17.1 Å². The lowest BCUT2D eigenvalue weighted by molar-refractivity contribution is -0.0199. The van der Waals surface area contributed by atoms with Gasteiger partial charge in [0, 0.05) is 19.8 Å². The number of halogens is 1. The molecule has 1 atom stereocenters. The van der Waals surface area contributed by atoms with E-state index in [1.165, 1.54) is 25.9 Å². The molecule has 4 aliphatic rings. The van der Waals surface area contributed by atoms with Crippen LogP contribution in [-0.2, 0) is 0 Å². The summed E-state index contributed by atoms with van der Waals surface area (Å²) < 4.78 is 0. The number of anilines is 1. The van der Waals surface area contributed by atoms with Crippen molar-refractivity contribution in [2.24, 2.45) is 10.9 Å². The summed E-state index contributed by atoms with van der Waals surface area (Å²) in [4.78, 5) is 14.0. The van der Waals surface area contributed by atoms with Gasteiger partial charge in [0.2, 0.25) is 0 Å². The van der Waals surface area contributed by atoms with Crippen LogP contribution in [-0.4, -0.2) is 59.5 Å². The number of hydrogen-bond donors (Lipinski definition) is 1. The van der Waals surface area contributed by atoms with Crippen molar-refractivity contribution in [3.63, 3.8) is 0 Å². The van der Waals surface area contributed by atoms with Gasteiger partial charge in [-0.15, -0.1) is 0 Å². The summed E-state index contributed by atoms with van der Waals surface area (Å²) in [6.07, 6.45) is 4.25. The molecule has 3 fully saturated rings. The molecular formula is C15H20ClN5. The number of piperidine rings is 3. The second-order valence-corrected chi connectivity index (χ2v) is 6.78. The number of hydrogen-bond acceptors (Lipinski definition) is 5. The molecule has 1 aromatic rings. The quantitative estimate of drug-likeness (QED) is 0.861. The normalized spacial score (nSPS) is 34.4. The minimum atomic E-state index is 0.186. The highest BCUT2D eigenvalue weighted by Gasteiger charge is 2.52. The molecule has 0 radical (unpaired) electrons. The summed E-state index contributed by atoms with van der Waals surface area (Å²) in [5, 5.41) is 3.99. The number of guanidine groups is 1. The third-order valence-corrected chi connectivity index (χ3v) is 5.52. The van der Waals surface area contributed by atoms with Gasteiger partial charge in [0.1, 0.15) is 5.82 Å². The van der Waals surface area contributed by atoms with E-state index in [-0.39, 0.29) is 5.54 Å². The average Bonchev–Trinajstić information content (AvgIpc) is 2.80. The average molecular weight is 306 g/mol. The molecule has 0 amide bonds. The molecule has 3 saturated heterocycles. The molecule has 4 aliphatic heterocycles. The van der Waals surface area contributed by atoms with Gasteiger partial charge in [-0.2, -0.15) is 0 Å². The Morgan fingerprint density at radius 1 is 1.33 bits per heavy atom. The van der Waals surface area contributed by atoms with E-state index in [0.29, 0.717) is 5.02 Å². The number of aliphatic imine (C=N–C) groups is 1. The van der Waals surface area contributed by atoms with Gasteiger partial charge in [-0.1, -0.05) is 11.6 Å². The molecule has 1 spiro atoms. The van der Waals surface area contributed by atoms with E-state index in [9.17, 15) is 0 Å². The zero-order chi connectivity index (χ0) is 14.4. The number of fused-ring (bicyclic) bond motifs is 2. The van der Waals surface area contributed by atoms with Crippen LogP contribution in [0.2, 0.25) is 5.02 Å². The van der Waals surface area contributed by atoms with Crippen molar-refractivity contribution in [1.82, 2.24) is 14.8 Å². The van der Waals surface area contributed by atoms with Crippen LogP contribution in [0, 0.1) is 5.92 Å². The maximum Gasteiger partial charge on any atom is 0.200 e. The lowest BCUT2D eigenvalue weighted by Gasteiger charge is -2.54. The first-order chi connectivity index (χ1) is 10.2. The molecule has 21 heavy (non-hydrogen) atoms. The standard InChI is InChI=1S/C15H20ClN5/c1-20-14(19-13-3-2-12(16)8-17-13)18-9-15(20)10-21-6-4-11(15)5-7-21/h2-3,8,11H,4-7,9-10H2,1H3,(H,17,18,19). The predicted octanol–water partition coefficient (Wildman–Crippen LogP) is 1.91. The zero-order valence-electron chi connectivity index (χ0n) is 12.2. The van der Waals surface area contributed by atoms with Crippen LogP contribution in [0.25, 0.3) is 0 Å². The highest BCUT2D eigenvalue weighted by molar-refractivity contribution is 6.30. The van der Waals surface area contributed by atoms with Crippen molar-refractivity contribution in [2.45, 2.75) is 18.4 Å². The lowest BCUT2D eigenvalue weighted by atomic mass is 9.72.